The predicted molar refractivity (Wildman–Crippen MR) is 45.2 cm³/mol. The molecule has 0 saturated carbocycles. The molecule has 1 aromatic rings. The minimum atomic E-state index is 0.288. The van der Waals surface area contributed by atoms with E-state index in [1.807, 2.05) is 19.1 Å². The zero-order valence-corrected chi connectivity index (χ0v) is 6.59. The molecule has 0 aromatic carbocycles. The van der Waals surface area contributed by atoms with Crippen LogP contribution in [0.3, 0.4) is 0 Å². The van der Waals surface area contributed by atoms with Crippen molar-refractivity contribution in [3.8, 4) is 0 Å². The van der Waals surface area contributed by atoms with Gasteiger partial charge in [-0.2, -0.15) is 0 Å². The smallest absolute Gasteiger partial charge is 0.130 e. The molecule has 0 aliphatic heterocycles. The molecular formula is C8H12N3. The van der Waals surface area contributed by atoms with Gasteiger partial charge in [-0.3, -0.25) is 5.73 Å². The van der Waals surface area contributed by atoms with Crippen molar-refractivity contribution in [2.24, 2.45) is 0 Å². The standard InChI is InChI=1S/C8H12N3/c1-2-10-8-7(6-9)4-3-5-11-8/h3-5,9H,2,6H2,1H3,(H,10,11). The van der Waals surface area contributed by atoms with Crippen molar-refractivity contribution in [2.45, 2.75) is 13.5 Å². The van der Waals surface area contributed by atoms with Gasteiger partial charge < -0.3 is 5.32 Å². The van der Waals surface area contributed by atoms with E-state index in [9.17, 15) is 0 Å². The second-order valence-electron chi connectivity index (χ2n) is 2.22. The van der Waals surface area contributed by atoms with Crippen molar-refractivity contribution in [3.05, 3.63) is 23.9 Å². The summed E-state index contributed by atoms with van der Waals surface area (Å²) < 4.78 is 0. The number of nitrogens with zero attached hydrogens (tertiary/aromatic N) is 1. The minimum Gasteiger partial charge on any atom is -0.370 e. The van der Waals surface area contributed by atoms with Gasteiger partial charge in [0.25, 0.3) is 0 Å². The van der Waals surface area contributed by atoms with Crippen molar-refractivity contribution in [1.82, 2.24) is 10.7 Å². The molecule has 0 spiro atoms. The van der Waals surface area contributed by atoms with Crippen LogP contribution in [0.2, 0.25) is 0 Å². The van der Waals surface area contributed by atoms with E-state index in [1.165, 1.54) is 0 Å². The molecule has 0 saturated heterocycles. The van der Waals surface area contributed by atoms with Crippen molar-refractivity contribution in [1.29, 1.82) is 0 Å². The summed E-state index contributed by atoms with van der Waals surface area (Å²) in [7, 11) is 0. The van der Waals surface area contributed by atoms with Crippen LogP contribution in [0.25, 0.3) is 0 Å². The molecule has 11 heavy (non-hydrogen) atoms. The molecule has 3 heteroatoms. The Morgan fingerprint density at radius 2 is 2.45 bits per heavy atom. The second kappa shape index (κ2) is 3.93. The molecule has 1 rings (SSSR count). The molecule has 0 aliphatic carbocycles. The quantitative estimate of drug-likeness (QED) is 0.706. The number of hydrogen-bond donors (Lipinski definition) is 1. The van der Waals surface area contributed by atoms with Crippen LogP contribution in [0.5, 0.6) is 0 Å². The summed E-state index contributed by atoms with van der Waals surface area (Å²) in [5.74, 6) is 0.838. The van der Waals surface area contributed by atoms with E-state index in [0.29, 0.717) is 0 Å². The summed E-state index contributed by atoms with van der Waals surface area (Å²) in [6.45, 7) is 3.16. The van der Waals surface area contributed by atoms with Crippen LogP contribution >= 0.6 is 0 Å². The zero-order valence-electron chi connectivity index (χ0n) is 6.59. The molecule has 0 bridgehead atoms. The molecule has 0 amide bonds. The number of anilines is 1. The topological polar surface area (TPSA) is 48.7 Å². The SMILES string of the molecule is CCNc1ncccc1C[NH]. The van der Waals surface area contributed by atoms with E-state index >= 15 is 0 Å². The summed E-state index contributed by atoms with van der Waals surface area (Å²) >= 11 is 0. The largest absolute Gasteiger partial charge is 0.370 e. The van der Waals surface area contributed by atoms with E-state index < -0.39 is 0 Å². The molecule has 0 aliphatic rings. The van der Waals surface area contributed by atoms with E-state index in [1.54, 1.807) is 6.20 Å². The van der Waals surface area contributed by atoms with E-state index in [-0.39, 0.29) is 6.54 Å². The Bertz CT molecular complexity index is 222. The predicted octanol–water partition coefficient (Wildman–Crippen LogP) is 1.30. The fourth-order valence-corrected chi connectivity index (χ4v) is 0.908. The van der Waals surface area contributed by atoms with Gasteiger partial charge >= 0.3 is 0 Å². The molecule has 1 aromatic heterocycles. The molecule has 1 heterocycles. The molecule has 0 atom stereocenters. The minimum absolute atomic E-state index is 0.288. The van der Waals surface area contributed by atoms with Crippen LogP contribution in [-0.4, -0.2) is 11.5 Å². The third kappa shape index (κ3) is 1.91. The number of nitrogens with one attached hydrogen (secondary N) is 2. The normalized spacial score (nSPS) is 9.64. The summed E-state index contributed by atoms with van der Waals surface area (Å²) in [6.07, 6.45) is 1.73. The molecule has 3 nitrogen and oxygen atoms in total. The first-order valence-corrected chi connectivity index (χ1v) is 3.70. The number of rotatable bonds is 3. The van der Waals surface area contributed by atoms with Gasteiger partial charge in [-0.1, -0.05) is 6.07 Å². The van der Waals surface area contributed by atoms with Crippen LogP contribution in [-0.2, 0) is 6.54 Å². The van der Waals surface area contributed by atoms with Gasteiger partial charge in [0.2, 0.25) is 0 Å². The summed E-state index contributed by atoms with van der Waals surface area (Å²) in [4.78, 5) is 4.11. The van der Waals surface area contributed by atoms with E-state index in [2.05, 4.69) is 10.3 Å². The van der Waals surface area contributed by atoms with Crippen molar-refractivity contribution >= 4 is 5.82 Å². The lowest BCUT2D eigenvalue weighted by atomic mass is 10.2. The third-order valence-corrected chi connectivity index (χ3v) is 1.43. The van der Waals surface area contributed by atoms with Crippen LogP contribution < -0.4 is 11.1 Å². The molecule has 1 radical (unpaired) electrons. The summed E-state index contributed by atoms with van der Waals surface area (Å²) in [5, 5.41) is 3.10. The Balaban J connectivity index is 2.83. The van der Waals surface area contributed by atoms with Crippen molar-refractivity contribution in [3.63, 3.8) is 0 Å². The van der Waals surface area contributed by atoms with Gasteiger partial charge in [-0.05, 0) is 13.0 Å². The number of pyridine rings is 1. The first-order chi connectivity index (χ1) is 5.38. The van der Waals surface area contributed by atoms with Crippen molar-refractivity contribution in [2.75, 3.05) is 11.9 Å². The fourth-order valence-electron chi connectivity index (χ4n) is 0.908. The summed E-state index contributed by atoms with van der Waals surface area (Å²) in [6, 6.07) is 3.77. The Kier molecular flexibility index (Phi) is 2.86. The van der Waals surface area contributed by atoms with Gasteiger partial charge in [-0.15, -0.1) is 0 Å². The molecule has 59 valence electrons. The highest BCUT2D eigenvalue weighted by Crippen LogP contribution is 2.09. The van der Waals surface area contributed by atoms with E-state index in [4.69, 9.17) is 5.73 Å². The average molecular weight is 150 g/mol. The Hall–Kier alpha value is -1.09. The fraction of sp³-hybridized carbons (Fsp3) is 0.375. The molecular weight excluding hydrogens is 138 g/mol. The monoisotopic (exact) mass is 150 g/mol. The van der Waals surface area contributed by atoms with Gasteiger partial charge in [-0.25, -0.2) is 4.98 Å². The average Bonchev–Trinajstić information content (AvgIpc) is 2.06. The van der Waals surface area contributed by atoms with Crippen LogP contribution in [0.15, 0.2) is 18.3 Å². The highest BCUT2D eigenvalue weighted by atomic mass is 15.0. The zero-order chi connectivity index (χ0) is 8.10. The maximum Gasteiger partial charge on any atom is 0.130 e. The lowest BCUT2D eigenvalue weighted by molar-refractivity contribution is 1.000. The summed E-state index contributed by atoms with van der Waals surface area (Å²) in [5.41, 5.74) is 8.14. The molecule has 0 fully saturated rings. The third-order valence-electron chi connectivity index (χ3n) is 1.43. The second-order valence-corrected chi connectivity index (χ2v) is 2.22. The van der Waals surface area contributed by atoms with Gasteiger partial charge in [0.05, 0.1) is 0 Å². The van der Waals surface area contributed by atoms with Crippen LogP contribution in [0.4, 0.5) is 5.82 Å². The first-order valence-electron chi connectivity index (χ1n) is 3.70. The lowest BCUT2D eigenvalue weighted by Crippen LogP contribution is -2.03. The Morgan fingerprint density at radius 1 is 1.64 bits per heavy atom. The van der Waals surface area contributed by atoms with E-state index in [0.717, 1.165) is 17.9 Å². The maximum atomic E-state index is 7.18. The highest BCUT2D eigenvalue weighted by molar-refractivity contribution is 5.43. The lowest BCUT2D eigenvalue weighted by Gasteiger charge is -2.05. The van der Waals surface area contributed by atoms with Crippen LogP contribution in [0, 0.1) is 0 Å². The van der Waals surface area contributed by atoms with Crippen LogP contribution in [0.1, 0.15) is 12.5 Å². The van der Waals surface area contributed by atoms with Crippen molar-refractivity contribution < 1.29 is 0 Å². The highest BCUT2D eigenvalue weighted by Gasteiger charge is 1.97. The molecule has 2 N–H and O–H groups in total. The molecule has 0 unspecified atom stereocenters. The van der Waals surface area contributed by atoms with Gasteiger partial charge in [0, 0.05) is 24.8 Å². The Labute approximate surface area is 66.6 Å². The number of aromatic nitrogens is 1. The first kappa shape index (κ1) is 8.01. The van der Waals surface area contributed by atoms with Gasteiger partial charge in [0.15, 0.2) is 0 Å². The Morgan fingerprint density at radius 3 is 3.09 bits per heavy atom. The maximum absolute atomic E-state index is 7.18. The number of hydrogen-bond acceptors (Lipinski definition) is 2. The van der Waals surface area contributed by atoms with Gasteiger partial charge in [0.1, 0.15) is 5.82 Å².